The summed E-state index contributed by atoms with van der Waals surface area (Å²) in [6.45, 7) is 1.42. The Morgan fingerprint density at radius 1 is 1.25 bits per heavy atom. The number of halogens is 4. The molecule has 0 aliphatic rings. The lowest BCUT2D eigenvalue weighted by Crippen LogP contribution is -2.05. The summed E-state index contributed by atoms with van der Waals surface area (Å²) in [4.78, 5) is 10.3. The smallest absolute Gasteiger partial charge is 0.298 e. The van der Waals surface area contributed by atoms with Gasteiger partial charge < -0.3 is 0 Å². The number of allylic oxidation sites excluding steroid dienone is 1. The number of rotatable bonds is 2. The van der Waals surface area contributed by atoms with Crippen molar-refractivity contribution in [1.29, 1.82) is 0 Å². The second-order valence-electron chi connectivity index (χ2n) is 3.28. The Balaban J connectivity index is 3.23. The van der Waals surface area contributed by atoms with Crippen LogP contribution in [0.25, 0.3) is 6.08 Å². The van der Waals surface area contributed by atoms with Gasteiger partial charge in [0.15, 0.2) is 0 Å². The van der Waals surface area contributed by atoms with Crippen molar-refractivity contribution in [3.8, 4) is 0 Å². The second-order valence-corrected chi connectivity index (χ2v) is 3.28. The van der Waals surface area contributed by atoms with E-state index in [9.17, 15) is 22.4 Å². The van der Waals surface area contributed by atoms with Gasteiger partial charge in [0.05, 0.1) is 5.56 Å². The minimum Gasteiger partial charge on any atom is -0.298 e. The number of alkyl halides is 3. The predicted octanol–water partition coefficient (Wildman–Crippen LogP) is 3.45. The Labute approximate surface area is 89.4 Å². The van der Waals surface area contributed by atoms with Gasteiger partial charge in [-0.1, -0.05) is 0 Å². The van der Waals surface area contributed by atoms with Crippen molar-refractivity contribution in [3.05, 3.63) is 40.7 Å². The summed E-state index contributed by atoms with van der Waals surface area (Å²) in [6, 6.07) is 2.13. The van der Waals surface area contributed by atoms with E-state index in [1.807, 2.05) is 0 Å². The Hall–Kier alpha value is -1.65. The van der Waals surface area contributed by atoms with Gasteiger partial charge in [0.1, 0.15) is 12.1 Å². The van der Waals surface area contributed by atoms with Crippen molar-refractivity contribution < 1.29 is 22.4 Å². The molecule has 0 aromatic heterocycles. The first-order valence-corrected chi connectivity index (χ1v) is 4.34. The van der Waals surface area contributed by atoms with E-state index in [1.165, 1.54) is 13.0 Å². The molecule has 0 amide bonds. The molecule has 0 unspecified atom stereocenters. The van der Waals surface area contributed by atoms with Crippen molar-refractivity contribution >= 4 is 12.4 Å². The van der Waals surface area contributed by atoms with Gasteiger partial charge in [0.2, 0.25) is 0 Å². The highest BCUT2D eigenvalue weighted by molar-refractivity contribution is 5.80. The minimum absolute atomic E-state index is 0.0110. The van der Waals surface area contributed by atoms with Crippen LogP contribution in [0.3, 0.4) is 0 Å². The number of carbonyl (C=O) groups is 1. The number of aldehydes is 1. The summed E-state index contributed by atoms with van der Waals surface area (Å²) in [5, 5.41) is 0. The van der Waals surface area contributed by atoms with Gasteiger partial charge in [-0.2, -0.15) is 13.2 Å². The van der Waals surface area contributed by atoms with E-state index in [0.717, 1.165) is 12.1 Å². The summed E-state index contributed by atoms with van der Waals surface area (Å²) in [5.74, 6) is -0.986. The van der Waals surface area contributed by atoms with Crippen LogP contribution in [-0.2, 0) is 11.0 Å². The van der Waals surface area contributed by atoms with Crippen LogP contribution >= 0.6 is 0 Å². The third kappa shape index (κ3) is 3.18. The highest BCUT2D eigenvalue weighted by Crippen LogP contribution is 2.30. The third-order valence-electron chi connectivity index (χ3n) is 1.83. The molecule has 0 saturated heterocycles. The quantitative estimate of drug-likeness (QED) is 0.433. The van der Waals surface area contributed by atoms with Crippen LogP contribution in [0.1, 0.15) is 18.1 Å². The average molecular weight is 232 g/mol. The Bertz CT molecular complexity index is 432. The molecular weight excluding hydrogens is 224 g/mol. The van der Waals surface area contributed by atoms with E-state index in [4.69, 9.17) is 0 Å². The van der Waals surface area contributed by atoms with E-state index in [0.29, 0.717) is 12.4 Å². The molecule has 0 aliphatic heterocycles. The van der Waals surface area contributed by atoms with Crippen molar-refractivity contribution in [1.82, 2.24) is 0 Å². The molecule has 16 heavy (non-hydrogen) atoms. The molecule has 5 heteroatoms. The van der Waals surface area contributed by atoms with Gasteiger partial charge in [0, 0.05) is 0 Å². The van der Waals surface area contributed by atoms with Crippen LogP contribution in [0.2, 0.25) is 0 Å². The second kappa shape index (κ2) is 4.47. The number of carbonyl (C=O) groups excluding carboxylic acids is 1. The molecule has 0 spiro atoms. The summed E-state index contributed by atoms with van der Waals surface area (Å²) < 4.78 is 49.8. The van der Waals surface area contributed by atoms with E-state index in [1.54, 1.807) is 0 Å². The predicted molar refractivity (Wildman–Crippen MR) is 51.1 cm³/mol. The maximum absolute atomic E-state index is 12.9. The zero-order chi connectivity index (χ0) is 12.3. The molecule has 86 valence electrons. The topological polar surface area (TPSA) is 17.1 Å². The monoisotopic (exact) mass is 232 g/mol. The maximum atomic E-state index is 12.9. The van der Waals surface area contributed by atoms with Crippen molar-refractivity contribution in [2.75, 3.05) is 0 Å². The van der Waals surface area contributed by atoms with E-state index < -0.39 is 17.6 Å². The van der Waals surface area contributed by atoms with Crippen molar-refractivity contribution in [3.63, 3.8) is 0 Å². The normalized spacial score (nSPS) is 12.7. The fraction of sp³-hybridized carbons (Fsp3) is 0.182. The number of hydrogen-bond acceptors (Lipinski definition) is 1. The Morgan fingerprint density at radius 2 is 1.88 bits per heavy atom. The zero-order valence-electron chi connectivity index (χ0n) is 8.31. The highest BCUT2D eigenvalue weighted by atomic mass is 19.4. The molecule has 0 N–H and O–H groups in total. The number of benzene rings is 1. The summed E-state index contributed by atoms with van der Waals surface area (Å²) in [6.07, 6.45) is -2.93. The first-order chi connectivity index (χ1) is 7.32. The molecule has 1 rings (SSSR count). The van der Waals surface area contributed by atoms with Gasteiger partial charge in [-0.3, -0.25) is 4.79 Å². The fourth-order valence-corrected chi connectivity index (χ4v) is 1.16. The Morgan fingerprint density at radius 3 is 2.38 bits per heavy atom. The van der Waals surface area contributed by atoms with Crippen molar-refractivity contribution in [2.45, 2.75) is 13.1 Å². The molecular formula is C11H8F4O. The van der Waals surface area contributed by atoms with E-state index in [-0.39, 0.29) is 11.1 Å². The molecule has 0 heterocycles. The van der Waals surface area contributed by atoms with Gasteiger partial charge in [0.25, 0.3) is 0 Å². The van der Waals surface area contributed by atoms with Crippen LogP contribution in [0.15, 0.2) is 23.8 Å². The Kier molecular flexibility index (Phi) is 3.47. The van der Waals surface area contributed by atoms with Crippen molar-refractivity contribution in [2.24, 2.45) is 0 Å². The van der Waals surface area contributed by atoms with Gasteiger partial charge in [-0.05, 0) is 42.3 Å². The summed E-state index contributed by atoms with van der Waals surface area (Å²) in [5.41, 5.74) is -0.840. The van der Waals surface area contributed by atoms with Crippen LogP contribution in [0.4, 0.5) is 17.6 Å². The van der Waals surface area contributed by atoms with E-state index >= 15 is 0 Å². The van der Waals surface area contributed by atoms with Crippen LogP contribution in [-0.4, -0.2) is 6.29 Å². The molecule has 0 bridgehead atoms. The SMILES string of the molecule is C/C(C=O)=C/c1cc(F)cc(C(F)(F)F)c1. The lowest BCUT2D eigenvalue weighted by atomic mass is 10.1. The minimum atomic E-state index is -4.60. The van der Waals surface area contributed by atoms with Crippen LogP contribution in [0.5, 0.6) is 0 Å². The lowest BCUT2D eigenvalue weighted by Gasteiger charge is -2.07. The molecule has 1 aromatic rings. The third-order valence-corrected chi connectivity index (χ3v) is 1.83. The first kappa shape index (κ1) is 12.4. The molecule has 0 fully saturated rings. The average Bonchev–Trinajstić information content (AvgIpc) is 2.15. The standard InChI is InChI=1S/C11H8F4O/c1-7(6-16)2-8-3-9(11(13,14)15)5-10(12)4-8/h2-6H,1H3/b7-2-. The molecule has 1 aromatic carbocycles. The maximum Gasteiger partial charge on any atom is 0.416 e. The summed E-state index contributed by atoms with van der Waals surface area (Å²) >= 11 is 0. The molecule has 0 atom stereocenters. The van der Waals surface area contributed by atoms with E-state index in [2.05, 4.69) is 0 Å². The van der Waals surface area contributed by atoms with Gasteiger partial charge in [-0.15, -0.1) is 0 Å². The largest absolute Gasteiger partial charge is 0.416 e. The van der Waals surface area contributed by atoms with Gasteiger partial charge in [-0.25, -0.2) is 4.39 Å². The lowest BCUT2D eigenvalue weighted by molar-refractivity contribution is -0.137. The summed E-state index contributed by atoms with van der Waals surface area (Å²) in [7, 11) is 0. The molecule has 1 nitrogen and oxygen atoms in total. The van der Waals surface area contributed by atoms with Crippen LogP contribution in [0, 0.1) is 5.82 Å². The fourth-order valence-electron chi connectivity index (χ4n) is 1.16. The van der Waals surface area contributed by atoms with Gasteiger partial charge >= 0.3 is 6.18 Å². The molecule has 0 radical (unpaired) electrons. The molecule has 0 saturated carbocycles. The zero-order valence-corrected chi connectivity index (χ0v) is 8.31. The van der Waals surface area contributed by atoms with Crippen LogP contribution < -0.4 is 0 Å². The molecule has 0 aliphatic carbocycles. The number of hydrogen-bond donors (Lipinski definition) is 0. The first-order valence-electron chi connectivity index (χ1n) is 4.34. The highest BCUT2D eigenvalue weighted by Gasteiger charge is 2.31.